The van der Waals surface area contributed by atoms with Gasteiger partial charge < -0.3 is 4.57 Å². The van der Waals surface area contributed by atoms with Crippen molar-refractivity contribution in [2.75, 3.05) is 5.75 Å². The van der Waals surface area contributed by atoms with Gasteiger partial charge in [0.2, 0.25) is 0 Å². The number of rotatable bonds is 3. The summed E-state index contributed by atoms with van der Waals surface area (Å²) in [5, 5.41) is 0. The zero-order valence-corrected chi connectivity index (χ0v) is 13.4. The van der Waals surface area contributed by atoms with Crippen LogP contribution >= 0.6 is 0 Å². The molecule has 114 valence electrons. The minimum absolute atomic E-state index is 0.0208. The third-order valence-corrected chi connectivity index (χ3v) is 5.30. The molecule has 3 aromatic heterocycles. The molecule has 0 amide bonds. The van der Waals surface area contributed by atoms with Crippen molar-refractivity contribution in [2.24, 2.45) is 7.05 Å². The maximum atomic E-state index is 12.3. The van der Waals surface area contributed by atoms with E-state index in [1.807, 2.05) is 20.0 Å². The molecule has 0 saturated heterocycles. The maximum absolute atomic E-state index is 12.3. The van der Waals surface area contributed by atoms with Crippen LogP contribution < -0.4 is 0 Å². The van der Waals surface area contributed by atoms with Crippen LogP contribution in [0.15, 0.2) is 35.5 Å². The van der Waals surface area contributed by atoms with Crippen molar-refractivity contribution >= 4 is 21.0 Å². The Hall–Kier alpha value is -2.28. The number of hydrogen-bond donors (Lipinski definition) is 0. The van der Waals surface area contributed by atoms with Gasteiger partial charge in [0.1, 0.15) is 11.2 Å². The minimum atomic E-state index is -3.38. The molecular weight excluding hydrogens is 300 g/mol. The number of fused-ring (bicyclic) bond motifs is 1. The van der Waals surface area contributed by atoms with E-state index < -0.39 is 9.84 Å². The first-order chi connectivity index (χ1) is 10.4. The fourth-order valence-electron chi connectivity index (χ4n) is 2.35. The summed E-state index contributed by atoms with van der Waals surface area (Å²) in [5.41, 5.74) is 2.79. The van der Waals surface area contributed by atoms with E-state index in [0.29, 0.717) is 17.2 Å². The van der Waals surface area contributed by atoms with Gasteiger partial charge in [0.25, 0.3) is 0 Å². The third-order valence-electron chi connectivity index (χ3n) is 3.54. The van der Waals surface area contributed by atoms with Crippen molar-refractivity contribution in [1.82, 2.24) is 19.5 Å². The molecule has 0 atom stereocenters. The van der Waals surface area contributed by atoms with Crippen LogP contribution in [0.3, 0.4) is 0 Å². The van der Waals surface area contributed by atoms with Gasteiger partial charge in [0.05, 0.1) is 10.6 Å². The lowest BCUT2D eigenvalue weighted by molar-refractivity contribution is 0.597. The van der Waals surface area contributed by atoms with Crippen LogP contribution in [0.4, 0.5) is 0 Å². The first-order valence-electron chi connectivity index (χ1n) is 6.91. The average molecular weight is 316 g/mol. The smallest absolute Gasteiger partial charge is 0.180 e. The molecule has 3 rings (SSSR count). The molecule has 0 radical (unpaired) electrons. The second-order valence-electron chi connectivity index (χ2n) is 5.10. The van der Waals surface area contributed by atoms with Crippen LogP contribution in [-0.2, 0) is 16.9 Å². The number of pyridine rings is 2. The van der Waals surface area contributed by atoms with E-state index in [0.717, 1.165) is 11.1 Å². The molecule has 0 aliphatic heterocycles. The largest absolute Gasteiger partial charge is 0.310 e. The number of imidazole rings is 1. The van der Waals surface area contributed by atoms with E-state index >= 15 is 0 Å². The van der Waals surface area contributed by atoms with Crippen molar-refractivity contribution in [3.8, 4) is 11.5 Å². The zero-order valence-electron chi connectivity index (χ0n) is 12.6. The lowest BCUT2D eigenvalue weighted by Crippen LogP contribution is -2.08. The molecular formula is C15H16N4O2S. The quantitative estimate of drug-likeness (QED) is 0.739. The summed E-state index contributed by atoms with van der Waals surface area (Å²) in [4.78, 5) is 13.3. The van der Waals surface area contributed by atoms with Crippen LogP contribution in [0.5, 0.6) is 0 Å². The average Bonchev–Trinajstić information content (AvgIpc) is 2.83. The molecule has 0 aliphatic carbocycles. The number of aryl methyl sites for hydroxylation is 2. The van der Waals surface area contributed by atoms with Gasteiger partial charge in [-0.15, -0.1) is 0 Å². The molecule has 6 nitrogen and oxygen atoms in total. The van der Waals surface area contributed by atoms with Crippen molar-refractivity contribution in [3.63, 3.8) is 0 Å². The first kappa shape index (κ1) is 14.6. The molecule has 3 heterocycles. The lowest BCUT2D eigenvalue weighted by Gasteiger charge is -2.07. The standard InChI is InChI=1S/C15H16N4O2S/c1-4-22(20,21)12-6-5-7-16-13(12)15-18-11-8-10(2)9-17-14(11)19(15)3/h5-9H,4H2,1-3H3. The topological polar surface area (TPSA) is 77.7 Å². The Morgan fingerprint density at radius 2 is 2.05 bits per heavy atom. The fourth-order valence-corrected chi connectivity index (χ4v) is 3.39. The van der Waals surface area contributed by atoms with E-state index in [1.54, 1.807) is 36.0 Å². The number of nitrogens with zero attached hydrogens (tertiary/aromatic N) is 4. The SMILES string of the molecule is CCS(=O)(=O)c1cccnc1-c1nc2cc(C)cnc2n1C. The van der Waals surface area contributed by atoms with Crippen LogP contribution in [-0.4, -0.2) is 33.7 Å². The molecule has 0 saturated carbocycles. The summed E-state index contributed by atoms with van der Waals surface area (Å²) >= 11 is 0. The predicted octanol–water partition coefficient (Wildman–Crippen LogP) is 2.13. The Labute approximate surface area is 128 Å². The van der Waals surface area contributed by atoms with E-state index in [1.165, 1.54) is 0 Å². The Bertz CT molecular complexity index is 961. The highest BCUT2D eigenvalue weighted by molar-refractivity contribution is 7.91. The molecule has 0 spiro atoms. The predicted molar refractivity (Wildman–Crippen MR) is 84.2 cm³/mol. The van der Waals surface area contributed by atoms with Gasteiger partial charge >= 0.3 is 0 Å². The fraction of sp³-hybridized carbons (Fsp3) is 0.267. The highest BCUT2D eigenvalue weighted by Crippen LogP contribution is 2.27. The molecule has 0 aromatic carbocycles. The van der Waals surface area contributed by atoms with Crippen LogP contribution in [0.2, 0.25) is 0 Å². The summed E-state index contributed by atoms with van der Waals surface area (Å²) in [6, 6.07) is 5.11. The third kappa shape index (κ3) is 2.27. The monoisotopic (exact) mass is 316 g/mol. The molecule has 0 fully saturated rings. The van der Waals surface area contributed by atoms with E-state index in [4.69, 9.17) is 0 Å². The molecule has 0 bridgehead atoms. The Morgan fingerprint density at radius 3 is 2.77 bits per heavy atom. The molecule has 7 heteroatoms. The van der Waals surface area contributed by atoms with Crippen molar-refractivity contribution in [3.05, 3.63) is 36.2 Å². The summed E-state index contributed by atoms with van der Waals surface area (Å²) in [5.74, 6) is 0.521. The molecule has 0 N–H and O–H groups in total. The lowest BCUT2D eigenvalue weighted by atomic mass is 10.3. The van der Waals surface area contributed by atoms with E-state index in [9.17, 15) is 8.42 Å². The van der Waals surface area contributed by atoms with E-state index in [-0.39, 0.29) is 10.6 Å². The summed E-state index contributed by atoms with van der Waals surface area (Å²) < 4.78 is 26.3. The van der Waals surface area contributed by atoms with Gasteiger partial charge in [-0.1, -0.05) is 6.92 Å². The molecule has 3 aromatic rings. The van der Waals surface area contributed by atoms with E-state index in [2.05, 4.69) is 15.0 Å². The second kappa shape index (κ2) is 5.17. The normalized spacial score (nSPS) is 12.0. The Morgan fingerprint density at radius 1 is 1.27 bits per heavy atom. The van der Waals surface area contributed by atoms with Gasteiger partial charge in [0, 0.05) is 19.4 Å². The Balaban J connectivity index is 2.31. The van der Waals surface area contributed by atoms with Gasteiger partial charge in [-0.3, -0.25) is 4.98 Å². The molecule has 22 heavy (non-hydrogen) atoms. The zero-order chi connectivity index (χ0) is 15.9. The van der Waals surface area contributed by atoms with Gasteiger partial charge in [-0.05, 0) is 30.7 Å². The maximum Gasteiger partial charge on any atom is 0.180 e. The first-order valence-corrected chi connectivity index (χ1v) is 8.56. The summed E-state index contributed by atoms with van der Waals surface area (Å²) in [6.07, 6.45) is 3.33. The van der Waals surface area contributed by atoms with Crippen LogP contribution in [0.1, 0.15) is 12.5 Å². The van der Waals surface area contributed by atoms with Gasteiger partial charge in [0.15, 0.2) is 21.3 Å². The molecule has 0 aliphatic rings. The van der Waals surface area contributed by atoms with Crippen molar-refractivity contribution < 1.29 is 8.42 Å². The second-order valence-corrected chi connectivity index (χ2v) is 7.35. The van der Waals surface area contributed by atoms with Crippen LogP contribution in [0, 0.1) is 6.92 Å². The Kier molecular flexibility index (Phi) is 3.44. The van der Waals surface area contributed by atoms with Crippen molar-refractivity contribution in [2.45, 2.75) is 18.7 Å². The summed E-state index contributed by atoms with van der Waals surface area (Å²) in [6.45, 7) is 3.56. The van der Waals surface area contributed by atoms with Crippen molar-refractivity contribution in [1.29, 1.82) is 0 Å². The number of aromatic nitrogens is 4. The number of sulfone groups is 1. The highest BCUT2D eigenvalue weighted by atomic mass is 32.2. The highest BCUT2D eigenvalue weighted by Gasteiger charge is 2.22. The molecule has 0 unspecified atom stereocenters. The number of hydrogen-bond acceptors (Lipinski definition) is 5. The summed E-state index contributed by atoms with van der Waals surface area (Å²) in [7, 11) is -1.57. The minimum Gasteiger partial charge on any atom is -0.310 e. The van der Waals surface area contributed by atoms with Crippen LogP contribution in [0.25, 0.3) is 22.7 Å². The van der Waals surface area contributed by atoms with Gasteiger partial charge in [-0.25, -0.2) is 18.4 Å². The van der Waals surface area contributed by atoms with Gasteiger partial charge in [-0.2, -0.15) is 0 Å².